The van der Waals surface area contributed by atoms with Crippen molar-refractivity contribution in [3.8, 4) is 5.75 Å². The summed E-state index contributed by atoms with van der Waals surface area (Å²) < 4.78 is 32.2. The number of amides is 1. The van der Waals surface area contributed by atoms with Crippen LogP contribution in [0.25, 0.3) is 0 Å². The van der Waals surface area contributed by atoms with Crippen molar-refractivity contribution in [2.24, 2.45) is 0 Å². The Kier molecular flexibility index (Phi) is 7.24. The summed E-state index contributed by atoms with van der Waals surface area (Å²) in [6.45, 7) is 6.49. The van der Waals surface area contributed by atoms with E-state index < -0.39 is 15.9 Å². The van der Waals surface area contributed by atoms with Gasteiger partial charge in [0.1, 0.15) is 5.75 Å². The molecule has 1 N–H and O–H groups in total. The summed E-state index contributed by atoms with van der Waals surface area (Å²) >= 11 is 6.16. The fourth-order valence-corrected chi connectivity index (χ4v) is 4.28. The maximum absolute atomic E-state index is 12.7. The second-order valence-electron chi connectivity index (χ2n) is 5.61. The first-order chi connectivity index (χ1) is 12.8. The van der Waals surface area contributed by atoms with Crippen LogP contribution in [-0.2, 0) is 10.0 Å². The summed E-state index contributed by atoms with van der Waals surface area (Å²) in [5.41, 5.74) is 0.564. The molecule has 2 aromatic carbocycles. The van der Waals surface area contributed by atoms with Crippen LogP contribution >= 0.6 is 11.6 Å². The molecule has 0 bridgehead atoms. The zero-order valence-electron chi connectivity index (χ0n) is 15.5. The topological polar surface area (TPSA) is 75.7 Å². The molecule has 1 amide bonds. The molecule has 0 spiro atoms. The molecule has 0 aromatic heterocycles. The molecule has 2 aromatic rings. The Labute approximate surface area is 165 Å². The number of nitrogens with one attached hydrogen (secondary N) is 1. The SMILES string of the molecule is CCOc1ccccc1NC(=O)c1cc(S(=O)(=O)N(CC)CC)ccc1Cl. The molecule has 0 radical (unpaired) electrons. The first-order valence-electron chi connectivity index (χ1n) is 8.68. The van der Waals surface area contributed by atoms with Crippen LogP contribution in [0.2, 0.25) is 5.02 Å². The van der Waals surface area contributed by atoms with E-state index in [0.29, 0.717) is 31.1 Å². The first kappa shape index (κ1) is 21.2. The summed E-state index contributed by atoms with van der Waals surface area (Å²) in [6.07, 6.45) is 0. The number of hydrogen-bond acceptors (Lipinski definition) is 4. The second kappa shape index (κ2) is 9.21. The van der Waals surface area contributed by atoms with E-state index in [2.05, 4.69) is 5.32 Å². The fraction of sp³-hybridized carbons (Fsp3) is 0.316. The van der Waals surface area contributed by atoms with E-state index in [0.717, 1.165) is 0 Å². The molecular formula is C19H23ClN2O4S. The van der Waals surface area contributed by atoms with Crippen molar-refractivity contribution in [1.29, 1.82) is 0 Å². The van der Waals surface area contributed by atoms with Crippen LogP contribution < -0.4 is 10.1 Å². The minimum Gasteiger partial charge on any atom is -0.492 e. The first-order valence-corrected chi connectivity index (χ1v) is 10.5. The van der Waals surface area contributed by atoms with Crippen molar-refractivity contribution in [2.45, 2.75) is 25.7 Å². The van der Waals surface area contributed by atoms with E-state index in [-0.39, 0.29) is 15.5 Å². The van der Waals surface area contributed by atoms with Gasteiger partial charge in [0.2, 0.25) is 10.0 Å². The number of nitrogens with zero attached hydrogens (tertiary/aromatic N) is 1. The molecule has 0 unspecified atom stereocenters. The lowest BCUT2D eigenvalue weighted by molar-refractivity contribution is 0.102. The molecule has 0 heterocycles. The molecule has 146 valence electrons. The largest absolute Gasteiger partial charge is 0.492 e. The molecule has 6 nitrogen and oxygen atoms in total. The highest BCUT2D eigenvalue weighted by atomic mass is 35.5. The normalized spacial score (nSPS) is 11.4. The zero-order chi connectivity index (χ0) is 20.0. The molecule has 0 aliphatic heterocycles. The Hall–Kier alpha value is -2.09. The zero-order valence-corrected chi connectivity index (χ0v) is 17.1. The third-order valence-corrected chi connectivity index (χ3v) is 6.34. The highest BCUT2D eigenvalue weighted by molar-refractivity contribution is 7.89. The molecule has 0 saturated heterocycles. The molecule has 0 aliphatic carbocycles. The highest BCUT2D eigenvalue weighted by Crippen LogP contribution is 2.27. The number of rotatable bonds is 8. The number of hydrogen-bond donors (Lipinski definition) is 1. The van der Waals surface area contributed by atoms with Crippen LogP contribution in [0.4, 0.5) is 5.69 Å². The fourth-order valence-electron chi connectivity index (χ4n) is 2.59. The number of anilines is 1. The van der Waals surface area contributed by atoms with E-state index in [1.807, 2.05) is 6.92 Å². The third kappa shape index (κ3) is 4.80. The molecule has 27 heavy (non-hydrogen) atoms. The minimum absolute atomic E-state index is 0.0267. The van der Waals surface area contributed by atoms with Gasteiger partial charge in [-0.1, -0.05) is 37.6 Å². The molecule has 0 fully saturated rings. The van der Waals surface area contributed by atoms with Crippen LogP contribution in [0.5, 0.6) is 5.75 Å². The van der Waals surface area contributed by atoms with Gasteiger partial charge >= 0.3 is 0 Å². The number of carbonyl (C=O) groups excluding carboxylic acids is 1. The van der Waals surface area contributed by atoms with Gasteiger partial charge in [0.25, 0.3) is 5.91 Å². The van der Waals surface area contributed by atoms with Crippen LogP contribution in [0.15, 0.2) is 47.4 Å². The Morgan fingerprint density at radius 2 is 1.78 bits per heavy atom. The monoisotopic (exact) mass is 410 g/mol. The lowest BCUT2D eigenvalue weighted by Crippen LogP contribution is -2.30. The van der Waals surface area contributed by atoms with Gasteiger partial charge in [-0.3, -0.25) is 4.79 Å². The van der Waals surface area contributed by atoms with Crippen molar-refractivity contribution in [3.63, 3.8) is 0 Å². The van der Waals surface area contributed by atoms with Gasteiger partial charge in [-0.05, 0) is 37.3 Å². The van der Waals surface area contributed by atoms with Crippen molar-refractivity contribution in [2.75, 3.05) is 25.0 Å². The van der Waals surface area contributed by atoms with Crippen molar-refractivity contribution >= 4 is 33.2 Å². The Morgan fingerprint density at radius 1 is 1.11 bits per heavy atom. The average molecular weight is 411 g/mol. The van der Waals surface area contributed by atoms with E-state index >= 15 is 0 Å². The Balaban J connectivity index is 2.38. The quantitative estimate of drug-likeness (QED) is 0.713. The maximum atomic E-state index is 12.7. The van der Waals surface area contributed by atoms with E-state index in [1.165, 1.54) is 22.5 Å². The average Bonchev–Trinajstić information content (AvgIpc) is 2.64. The van der Waals surface area contributed by atoms with Crippen LogP contribution in [0.1, 0.15) is 31.1 Å². The molecule has 0 atom stereocenters. The van der Waals surface area contributed by atoms with Crippen molar-refractivity contribution < 1.29 is 17.9 Å². The molecule has 0 saturated carbocycles. The van der Waals surface area contributed by atoms with E-state index in [9.17, 15) is 13.2 Å². The van der Waals surface area contributed by atoms with Gasteiger partial charge in [0, 0.05) is 13.1 Å². The van der Waals surface area contributed by atoms with Crippen LogP contribution in [0.3, 0.4) is 0 Å². The van der Waals surface area contributed by atoms with E-state index in [1.54, 1.807) is 38.1 Å². The van der Waals surface area contributed by atoms with Crippen LogP contribution in [-0.4, -0.2) is 38.3 Å². The summed E-state index contributed by atoms with van der Waals surface area (Å²) in [7, 11) is -3.69. The van der Waals surface area contributed by atoms with E-state index in [4.69, 9.17) is 16.3 Å². The summed E-state index contributed by atoms with van der Waals surface area (Å²) in [5.74, 6) is 0.0140. The van der Waals surface area contributed by atoms with Crippen LogP contribution in [0, 0.1) is 0 Å². The summed E-state index contributed by atoms with van der Waals surface area (Å²) in [4.78, 5) is 12.7. The lowest BCUT2D eigenvalue weighted by atomic mass is 10.2. The molecule has 8 heteroatoms. The number of halogens is 1. The molecular weight excluding hydrogens is 388 g/mol. The molecule has 0 aliphatic rings. The van der Waals surface area contributed by atoms with Gasteiger partial charge in [0.15, 0.2) is 0 Å². The number of carbonyl (C=O) groups is 1. The standard InChI is InChI=1S/C19H23ClN2O4S/c1-4-22(5-2)27(24,25)14-11-12-16(20)15(13-14)19(23)21-17-9-7-8-10-18(17)26-6-3/h7-13H,4-6H2,1-3H3,(H,21,23). The smallest absolute Gasteiger partial charge is 0.257 e. The Morgan fingerprint density at radius 3 is 2.41 bits per heavy atom. The number of ether oxygens (including phenoxy) is 1. The maximum Gasteiger partial charge on any atom is 0.257 e. The van der Waals surface area contributed by atoms with Crippen molar-refractivity contribution in [3.05, 3.63) is 53.1 Å². The van der Waals surface area contributed by atoms with Crippen molar-refractivity contribution in [1.82, 2.24) is 4.31 Å². The number of benzene rings is 2. The number of para-hydroxylation sites is 2. The van der Waals surface area contributed by atoms with Gasteiger partial charge < -0.3 is 10.1 Å². The third-order valence-electron chi connectivity index (χ3n) is 3.96. The Bertz CT molecular complexity index is 912. The lowest BCUT2D eigenvalue weighted by Gasteiger charge is -2.19. The molecule has 2 rings (SSSR count). The van der Waals surface area contributed by atoms with Gasteiger partial charge in [-0.15, -0.1) is 0 Å². The second-order valence-corrected chi connectivity index (χ2v) is 7.96. The minimum atomic E-state index is -3.69. The van der Waals surface area contributed by atoms with Gasteiger partial charge in [0.05, 0.1) is 27.8 Å². The van der Waals surface area contributed by atoms with Gasteiger partial charge in [-0.2, -0.15) is 4.31 Å². The number of sulfonamides is 1. The highest BCUT2D eigenvalue weighted by Gasteiger charge is 2.24. The van der Waals surface area contributed by atoms with Gasteiger partial charge in [-0.25, -0.2) is 8.42 Å². The predicted octanol–water partition coefficient (Wildman–Crippen LogP) is 4.02. The summed E-state index contributed by atoms with van der Waals surface area (Å²) in [6, 6.07) is 11.1. The summed E-state index contributed by atoms with van der Waals surface area (Å²) in [5, 5.41) is 2.90. The predicted molar refractivity (Wildman–Crippen MR) is 107 cm³/mol.